The van der Waals surface area contributed by atoms with Crippen molar-refractivity contribution >= 4 is 38.1 Å². The lowest BCUT2D eigenvalue weighted by Crippen LogP contribution is -2.48. The zero-order valence-corrected chi connectivity index (χ0v) is 19.8. The van der Waals surface area contributed by atoms with Crippen LogP contribution < -0.4 is 14.4 Å². The molecule has 1 aromatic heterocycles. The summed E-state index contributed by atoms with van der Waals surface area (Å²) in [7, 11) is -0.793. The number of benzene rings is 2. The highest BCUT2D eigenvalue weighted by Crippen LogP contribution is 2.33. The molecule has 1 saturated heterocycles. The third kappa shape index (κ3) is 4.54. The molecule has 4 rings (SSSR count). The average molecular weight is 498 g/mol. The maximum Gasteiger partial charge on any atom is 0.246 e. The van der Waals surface area contributed by atoms with Crippen molar-refractivity contribution in [2.45, 2.75) is 4.90 Å². The lowest BCUT2D eigenvalue weighted by atomic mass is 10.2. The van der Waals surface area contributed by atoms with E-state index in [-0.39, 0.29) is 10.6 Å². The highest BCUT2D eigenvalue weighted by atomic mass is 35.5. The molecular weight excluding hydrogens is 477 g/mol. The third-order valence-corrected chi connectivity index (χ3v) is 8.21. The predicted octanol–water partition coefficient (Wildman–Crippen LogP) is 4.13. The number of hydrogen-bond donors (Lipinski definition) is 0. The number of hydrogen-bond acceptors (Lipinski definition) is 7. The molecule has 0 amide bonds. The Morgan fingerprint density at radius 1 is 1.06 bits per heavy atom. The lowest BCUT2D eigenvalue weighted by Gasteiger charge is -2.34. The number of anilines is 1. The largest absolute Gasteiger partial charge is 0.497 e. The van der Waals surface area contributed by atoms with E-state index in [4.69, 9.17) is 21.1 Å². The third-order valence-electron chi connectivity index (χ3n) is 5.15. The Kier molecular flexibility index (Phi) is 6.57. The van der Waals surface area contributed by atoms with Crippen molar-refractivity contribution in [1.29, 1.82) is 0 Å². The molecule has 0 unspecified atom stereocenters. The normalized spacial score (nSPS) is 15.1. The van der Waals surface area contributed by atoms with Crippen LogP contribution in [0.2, 0.25) is 5.02 Å². The van der Waals surface area contributed by atoms with E-state index in [1.165, 1.54) is 48.1 Å². The van der Waals surface area contributed by atoms with Gasteiger partial charge in [0.2, 0.25) is 10.0 Å². The maximum atomic E-state index is 13.7. The quantitative estimate of drug-likeness (QED) is 0.510. The van der Waals surface area contributed by atoms with Gasteiger partial charge in [0.1, 0.15) is 22.2 Å². The molecule has 0 N–H and O–H groups in total. The molecule has 0 saturated carbocycles. The number of methoxy groups -OCH3 is 2. The number of ether oxygens (including phenoxy) is 2. The number of sulfonamides is 1. The van der Waals surface area contributed by atoms with Crippen LogP contribution in [0.15, 0.2) is 46.7 Å². The minimum atomic E-state index is -3.73. The molecule has 0 radical (unpaired) electrons. The van der Waals surface area contributed by atoms with Crippen LogP contribution in [0.3, 0.4) is 0 Å². The van der Waals surface area contributed by atoms with Gasteiger partial charge >= 0.3 is 0 Å². The SMILES string of the molecule is COc1ccc(S(=O)(=O)N2CCN(c3nc(-c4cc(F)cc(Cl)c4)cs3)CC2)c(OC)c1. The lowest BCUT2D eigenvalue weighted by molar-refractivity contribution is 0.370. The van der Waals surface area contributed by atoms with Gasteiger partial charge in [0.15, 0.2) is 5.13 Å². The molecule has 0 atom stereocenters. The summed E-state index contributed by atoms with van der Waals surface area (Å²) < 4.78 is 51.9. The van der Waals surface area contributed by atoms with Gasteiger partial charge < -0.3 is 14.4 Å². The molecule has 7 nitrogen and oxygen atoms in total. The fraction of sp³-hybridized carbons (Fsp3) is 0.286. The van der Waals surface area contributed by atoms with E-state index in [9.17, 15) is 12.8 Å². The summed E-state index contributed by atoms with van der Waals surface area (Å²) in [5.41, 5.74) is 1.23. The van der Waals surface area contributed by atoms with Crippen LogP contribution in [0, 0.1) is 5.82 Å². The zero-order chi connectivity index (χ0) is 22.9. The van der Waals surface area contributed by atoms with E-state index in [2.05, 4.69) is 4.98 Å². The Morgan fingerprint density at radius 2 is 1.81 bits per heavy atom. The van der Waals surface area contributed by atoms with Crippen LogP contribution in [-0.2, 0) is 10.0 Å². The summed E-state index contributed by atoms with van der Waals surface area (Å²) in [6.07, 6.45) is 0. The van der Waals surface area contributed by atoms with Gasteiger partial charge in [0.25, 0.3) is 0 Å². The molecule has 1 aliphatic rings. The molecule has 3 aromatic rings. The Bertz CT molecular complexity index is 1210. The van der Waals surface area contributed by atoms with Gasteiger partial charge in [-0.1, -0.05) is 11.6 Å². The number of nitrogens with zero attached hydrogens (tertiary/aromatic N) is 3. The molecule has 0 spiro atoms. The summed E-state index contributed by atoms with van der Waals surface area (Å²) in [5, 5.41) is 2.90. The van der Waals surface area contributed by atoms with Crippen LogP contribution in [0.5, 0.6) is 11.5 Å². The van der Waals surface area contributed by atoms with Crippen LogP contribution in [0.4, 0.5) is 9.52 Å². The highest BCUT2D eigenvalue weighted by molar-refractivity contribution is 7.89. The van der Waals surface area contributed by atoms with Crippen molar-refractivity contribution in [2.24, 2.45) is 0 Å². The Hall–Kier alpha value is -2.40. The second kappa shape index (κ2) is 9.22. The molecule has 0 bridgehead atoms. The topological polar surface area (TPSA) is 72.0 Å². The monoisotopic (exact) mass is 497 g/mol. The van der Waals surface area contributed by atoms with Crippen molar-refractivity contribution < 1.29 is 22.3 Å². The van der Waals surface area contributed by atoms with Gasteiger partial charge in [-0.15, -0.1) is 11.3 Å². The summed E-state index contributed by atoms with van der Waals surface area (Å²) in [6.45, 7) is 1.57. The van der Waals surface area contributed by atoms with Crippen molar-refractivity contribution in [3.05, 3.63) is 52.6 Å². The zero-order valence-electron chi connectivity index (χ0n) is 17.4. The Balaban J connectivity index is 1.48. The minimum absolute atomic E-state index is 0.105. The van der Waals surface area contributed by atoms with Gasteiger partial charge in [-0.3, -0.25) is 0 Å². The molecule has 11 heteroatoms. The van der Waals surface area contributed by atoms with Gasteiger partial charge in [0.05, 0.1) is 19.9 Å². The van der Waals surface area contributed by atoms with Gasteiger partial charge in [-0.2, -0.15) is 4.31 Å². The first-order valence-electron chi connectivity index (χ1n) is 9.71. The fourth-order valence-corrected chi connectivity index (χ4v) is 6.16. The van der Waals surface area contributed by atoms with E-state index in [0.717, 1.165) is 5.13 Å². The molecule has 2 aromatic carbocycles. The number of piperazine rings is 1. The van der Waals surface area contributed by atoms with Crippen LogP contribution in [0.1, 0.15) is 0 Å². The summed E-state index contributed by atoms with van der Waals surface area (Å²) >= 11 is 7.38. The Labute approximate surface area is 195 Å². The second-order valence-corrected chi connectivity index (χ2v) is 10.3. The van der Waals surface area contributed by atoms with Crippen molar-refractivity contribution in [3.63, 3.8) is 0 Å². The molecule has 170 valence electrons. The smallest absolute Gasteiger partial charge is 0.246 e. The molecule has 1 aliphatic heterocycles. The summed E-state index contributed by atoms with van der Waals surface area (Å²) in [6, 6.07) is 8.94. The molecule has 32 heavy (non-hydrogen) atoms. The van der Waals surface area contributed by atoms with Crippen molar-refractivity contribution in [2.75, 3.05) is 45.3 Å². The van der Waals surface area contributed by atoms with Gasteiger partial charge in [-0.25, -0.2) is 17.8 Å². The first-order valence-corrected chi connectivity index (χ1v) is 12.4. The van der Waals surface area contributed by atoms with E-state index in [1.807, 2.05) is 10.3 Å². The van der Waals surface area contributed by atoms with Crippen molar-refractivity contribution in [1.82, 2.24) is 9.29 Å². The standard InChI is InChI=1S/C21H21ClFN3O4S2/c1-29-17-3-4-20(19(12-17)30-2)32(27,28)26-7-5-25(6-8-26)21-24-18(13-31-21)14-9-15(22)11-16(23)10-14/h3-4,9-13H,5-8H2,1-2H3. The molecule has 2 heterocycles. The number of thiazole rings is 1. The van der Waals surface area contributed by atoms with Gasteiger partial charge in [-0.05, 0) is 30.3 Å². The summed E-state index contributed by atoms with van der Waals surface area (Å²) in [4.78, 5) is 6.72. The van der Waals surface area contributed by atoms with Crippen LogP contribution >= 0.6 is 22.9 Å². The van der Waals surface area contributed by atoms with E-state index >= 15 is 0 Å². The average Bonchev–Trinajstić information content (AvgIpc) is 3.28. The highest BCUT2D eigenvalue weighted by Gasteiger charge is 2.31. The first kappa shape index (κ1) is 22.8. The minimum Gasteiger partial charge on any atom is -0.497 e. The number of halogens is 2. The summed E-state index contributed by atoms with van der Waals surface area (Å²) in [5.74, 6) is 0.338. The first-order chi connectivity index (χ1) is 15.3. The van der Waals surface area contributed by atoms with E-state index < -0.39 is 15.8 Å². The Morgan fingerprint density at radius 3 is 2.47 bits per heavy atom. The fourth-order valence-electron chi connectivity index (χ4n) is 3.49. The van der Waals surface area contributed by atoms with E-state index in [0.29, 0.717) is 48.2 Å². The van der Waals surface area contributed by atoms with Crippen molar-refractivity contribution in [3.8, 4) is 22.8 Å². The molecule has 1 fully saturated rings. The number of aromatic nitrogens is 1. The van der Waals surface area contributed by atoms with Crippen LogP contribution in [0.25, 0.3) is 11.3 Å². The van der Waals surface area contributed by atoms with Gasteiger partial charge in [0, 0.05) is 48.2 Å². The van der Waals surface area contributed by atoms with E-state index in [1.54, 1.807) is 18.2 Å². The second-order valence-electron chi connectivity index (χ2n) is 7.08. The number of rotatable bonds is 6. The predicted molar refractivity (Wildman–Crippen MR) is 123 cm³/mol. The molecule has 0 aliphatic carbocycles. The molecular formula is C21H21ClFN3O4S2. The maximum absolute atomic E-state index is 13.7. The van der Waals surface area contributed by atoms with Crippen LogP contribution in [-0.4, -0.2) is 58.1 Å².